The minimum absolute atomic E-state index is 0.0179. The molecule has 1 unspecified atom stereocenters. The summed E-state index contributed by atoms with van der Waals surface area (Å²) in [5.74, 6) is 0.130. The number of nitrogens with zero attached hydrogens (tertiary/aromatic N) is 2. The van der Waals surface area contributed by atoms with Crippen LogP contribution in [0.3, 0.4) is 0 Å². The zero-order valence-corrected chi connectivity index (χ0v) is 23.1. The lowest BCUT2D eigenvalue weighted by Gasteiger charge is -2.25. The van der Waals surface area contributed by atoms with Gasteiger partial charge in [-0.15, -0.1) is 0 Å². The maximum absolute atomic E-state index is 13.7. The molecule has 0 saturated heterocycles. The predicted molar refractivity (Wildman–Crippen MR) is 143 cm³/mol. The van der Waals surface area contributed by atoms with Crippen molar-refractivity contribution >= 4 is 39.3 Å². The number of phenols is 1. The van der Waals surface area contributed by atoms with Crippen LogP contribution in [0, 0.1) is 0 Å². The van der Waals surface area contributed by atoms with Gasteiger partial charge in [0.2, 0.25) is 0 Å². The molecule has 4 rings (SSSR count). The quantitative estimate of drug-likeness (QED) is 0.444. The van der Waals surface area contributed by atoms with Crippen LogP contribution in [0.25, 0.3) is 6.08 Å². The molecule has 0 bridgehead atoms. The van der Waals surface area contributed by atoms with Crippen LogP contribution in [-0.2, 0) is 9.53 Å². The van der Waals surface area contributed by atoms with Crippen LogP contribution in [0.1, 0.15) is 56.3 Å². The Morgan fingerprint density at radius 1 is 1.28 bits per heavy atom. The molecule has 0 fully saturated rings. The second-order valence-electron chi connectivity index (χ2n) is 8.68. The van der Waals surface area contributed by atoms with Crippen LogP contribution in [0.4, 0.5) is 0 Å². The first-order valence-corrected chi connectivity index (χ1v) is 13.1. The van der Waals surface area contributed by atoms with Crippen molar-refractivity contribution in [1.82, 2.24) is 4.57 Å². The van der Waals surface area contributed by atoms with E-state index in [0.29, 0.717) is 36.6 Å². The van der Waals surface area contributed by atoms with Gasteiger partial charge in [0.1, 0.15) is 0 Å². The Balaban J connectivity index is 1.94. The molecule has 0 aliphatic carbocycles. The molecule has 1 atom stereocenters. The van der Waals surface area contributed by atoms with Gasteiger partial charge in [-0.2, -0.15) is 0 Å². The van der Waals surface area contributed by atoms with Crippen LogP contribution >= 0.6 is 27.3 Å². The van der Waals surface area contributed by atoms with E-state index in [-0.39, 0.29) is 23.7 Å². The molecule has 0 spiro atoms. The maximum atomic E-state index is 13.7. The third-order valence-electron chi connectivity index (χ3n) is 6.00. The van der Waals surface area contributed by atoms with Crippen molar-refractivity contribution in [3.05, 3.63) is 88.5 Å². The van der Waals surface area contributed by atoms with Crippen LogP contribution in [0.2, 0.25) is 0 Å². The Morgan fingerprint density at radius 3 is 2.58 bits per heavy atom. The zero-order chi connectivity index (χ0) is 26.1. The van der Waals surface area contributed by atoms with Crippen molar-refractivity contribution in [2.45, 2.75) is 39.7 Å². The summed E-state index contributed by atoms with van der Waals surface area (Å²) in [5, 5.41) is 10.1. The van der Waals surface area contributed by atoms with Gasteiger partial charge in [-0.05, 0) is 70.6 Å². The number of esters is 1. The molecule has 36 heavy (non-hydrogen) atoms. The molecule has 1 aliphatic heterocycles. The van der Waals surface area contributed by atoms with Crippen LogP contribution in [-0.4, -0.2) is 29.4 Å². The monoisotopic (exact) mass is 570 g/mol. The van der Waals surface area contributed by atoms with E-state index in [0.717, 1.165) is 11.1 Å². The van der Waals surface area contributed by atoms with Crippen LogP contribution < -0.4 is 19.6 Å². The van der Waals surface area contributed by atoms with Gasteiger partial charge in [-0.1, -0.05) is 49.4 Å². The molecular formula is C27H27BrN2O5S. The summed E-state index contributed by atoms with van der Waals surface area (Å²) in [5.41, 5.74) is 3.24. The Hall–Kier alpha value is -3.17. The normalized spacial score (nSPS) is 15.6. The third kappa shape index (κ3) is 4.77. The minimum atomic E-state index is -0.662. The molecule has 0 saturated carbocycles. The summed E-state index contributed by atoms with van der Waals surface area (Å²) >= 11 is 4.56. The third-order valence-corrected chi connectivity index (χ3v) is 7.59. The van der Waals surface area contributed by atoms with E-state index in [4.69, 9.17) is 9.47 Å². The number of carbonyl (C=O) groups is 1. The van der Waals surface area contributed by atoms with E-state index in [1.165, 1.54) is 18.4 Å². The fourth-order valence-corrected chi connectivity index (χ4v) is 5.66. The van der Waals surface area contributed by atoms with Crippen molar-refractivity contribution in [1.29, 1.82) is 0 Å². The first-order valence-electron chi connectivity index (χ1n) is 11.5. The molecule has 0 amide bonds. The number of aromatic hydroxyl groups is 1. The van der Waals surface area contributed by atoms with Crippen LogP contribution in [0.5, 0.6) is 11.5 Å². The lowest BCUT2D eigenvalue weighted by Crippen LogP contribution is -2.39. The van der Waals surface area contributed by atoms with Crippen LogP contribution in [0.15, 0.2) is 61.9 Å². The molecule has 1 N–H and O–H groups in total. The zero-order valence-electron chi connectivity index (χ0n) is 20.7. The fraction of sp³-hybridized carbons (Fsp3) is 0.296. The summed E-state index contributed by atoms with van der Waals surface area (Å²) in [7, 11) is 1.46. The van der Waals surface area contributed by atoms with Crippen molar-refractivity contribution in [3.63, 3.8) is 0 Å². The number of hydrogen-bond acceptors (Lipinski definition) is 7. The fourth-order valence-electron chi connectivity index (χ4n) is 4.15. The summed E-state index contributed by atoms with van der Waals surface area (Å²) < 4.78 is 13.0. The Labute approximate surface area is 221 Å². The Morgan fingerprint density at radius 2 is 1.97 bits per heavy atom. The molecule has 1 aromatic heterocycles. The maximum Gasteiger partial charge on any atom is 0.338 e. The molecule has 7 nitrogen and oxygen atoms in total. The van der Waals surface area contributed by atoms with Gasteiger partial charge in [0, 0.05) is 0 Å². The highest BCUT2D eigenvalue weighted by Gasteiger charge is 2.33. The van der Waals surface area contributed by atoms with Crippen molar-refractivity contribution in [2.75, 3.05) is 13.7 Å². The SMILES string of the molecule is CCOC(=O)C1=C(C)N=c2sc(=Cc3cc(Br)c(O)c(OC)c3)c(=O)n2C1c1ccc(C(C)C)cc1. The smallest absolute Gasteiger partial charge is 0.338 e. The molecule has 2 heterocycles. The Bertz CT molecular complexity index is 1530. The summed E-state index contributed by atoms with van der Waals surface area (Å²) in [4.78, 5) is 31.9. The van der Waals surface area contributed by atoms with E-state index in [9.17, 15) is 14.7 Å². The average molecular weight is 571 g/mol. The molecule has 3 aromatic rings. The predicted octanol–water partition coefficient (Wildman–Crippen LogP) is 4.40. The van der Waals surface area contributed by atoms with Gasteiger partial charge in [0.15, 0.2) is 16.3 Å². The highest BCUT2D eigenvalue weighted by atomic mass is 79.9. The standard InChI is InChI=1S/C27H27BrN2O5S/c1-6-35-26(33)22-15(4)29-27-30(23(22)18-9-7-17(8-10-18)14(2)3)25(32)21(36-27)13-16-11-19(28)24(31)20(12-16)34-5/h7-14,23,31H,6H2,1-5H3. The number of fused-ring (bicyclic) bond motifs is 1. The molecule has 2 aromatic carbocycles. The number of allylic oxidation sites excluding steroid dienone is 1. The molecule has 9 heteroatoms. The largest absolute Gasteiger partial charge is 0.503 e. The van der Waals surface area contributed by atoms with E-state index < -0.39 is 12.0 Å². The van der Waals surface area contributed by atoms with Gasteiger partial charge in [0.05, 0.1) is 40.0 Å². The number of aromatic nitrogens is 1. The number of rotatable bonds is 6. The lowest BCUT2D eigenvalue weighted by molar-refractivity contribution is -0.139. The van der Waals surface area contributed by atoms with Gasteiger partial charge >= 0.3 is 5.97 Å². The topological polar surface area (TPSA) is 90.1 Å². The van der Waals surface area contributed by atoms with Gasteiger partial charge in [-0.3, -0.25) is 9.36 Å². The number of ether oxygens (including phenoxy) is 2. The number of benzene rings is 2. The summed E-state index contributed by atoms with van der Waals surface area (Å²) in [6, 6.07) is 10.6. The first-order chi connectivity index (χ1) is 17.2. The highest BCUT2D eigenvalue weighted by molar-refractivity contribution is 9.10. The van der Waals surface area contributed by atoms with Crippen molar-refractivity contribution in [2.24, 2.45) is 4.99 Å². The van der Waals surface area contributed by atoms with Crippen molar-refractivity contribution in [3.8, 4) is 11.5 Å². The van der Waals surface area contributed by atoms with E-state index >= 15 is 0 Å². The summed E-state index contributed by atoms with van der Waals surface area (Å²) in [6.07, 6.45) is 1.72. The molecule has 1 aliphatic rings. The second kappa shape index (κ2) is 10.4. The number of methoxy groups -OCH3 is 1. The van der Waals surface area contributed by atoms with E-state index in [1.54, 1.807) is 36.6 Å². The van der Waals surface area contributed by atoms with E-state index in [2.05, 4.69) is 34.8 Å². The number of hydrogen-bond donors (Lipinski definition) is 1. The molecular weight excluding hydrogens is 544 g/mol. The second-order valence-corrected chi connectivity index (χ2v) is 10.5. The van der Waals surface area contributed by atoms with Crippen molar-refractivity contribution < 1.29 is 19.4 Å². The number of thiazole rings is 1. The number of phenolic OH excluding ortho intramolecular Hbond substituents is 1. The lowest BCUT2D eigenvalue weighted by atomic mass is 9.93. The highest BCUT2D eigenvalue weighted by Crippen LogP contribution is 2.35. The Kier molecular flexibility index (Phi) is 7.51. The van der Waals surface area contributed by atoms with E-state index in [1.807, 2.05) is 24.3 Å². The molecule has 0 radical (unpaired) electrons. The minimum Gasteiger partial charge on any atom is -0.503 e. The average Bonchev–Trinajstić information content (AvgIpc) is 3.14. The van der Waals surface area contributed by atoms with Gasteiger partial charge in [-0.25, -0.2) is 9.79 Å². The van der Waals surface area contributed by atoms with Gasteiger partial charge < -0.3 is 14.6 Å². The summed E-state index contributed by atoms with van der Waals surface area (Å²) in [6.45, 7) is 7.96. The molecule has 188 valence electrons. The first kappa shape index (κ1) is 25.9. The number of carbonyl (C=O) groups excluding carboxylic acids is 1. The number of halogens is 1. The van der Waals surface area contributed by atoms with Gasteiger partial charge in [0.25, 0.3) is 5.56 Å².